The van der Waals surface area contributed by atoms with Crippen LogP contribution in [0.2, 0.25) is 0 Å². The number of carbonyl (C=O) groups is 1. The standard InChI is InChI=1S/C82H161N2O6P/c1-6-8-10-12-14-16-18-20-22-24-26-28-30-32-34-36-38-40-41-42-43-44-46-48-50-52-54-56-58-60-62-64-66-68-70-72-74-76-82(86)83-80(79-90-91(87,88)89-78-77-84(3,4)5)81(85)75-73-71-69-67-65-63-61-59-57-55-53-51-49-47-45-39-37-35-33-31-29-27-25-23-21-19-17-15-13-11-9-7-2/h18,20,24,26,73,75,80-81,85H,6-17,19,21-23,25,27-72,74,76-79H2,1-5H3,(H-,83,86,87,88)/b20-18-,26-24-,75-73+. The van der Waals surface area contributed by atoms with Crippen LogP contribution in [0.4, 0.5) is 0 Å². The number of carbonyl (C=O) groups excluding carboxylic acids is 1. The van der Waals surface area contributed by atoms with E-state index in [9.17, 15) is 19.4 Å². The van der Waals surface area contributed by atoms with E-state index in [2.05, 4.69) is 43.5 Å². The number of unbranched alkanes of at least 4 members (excludes halogenated alkanes) is 60. The maximum Gasteiger partial charge on any atom is 0.268 e. The van der Waals surface area contributed by atoms with Gasteiger partial charge in [0.2, 0.25) is 5.91 Å². The van der Waals surface area contributed by atoms with Crippen molar-refractivity contribution in [3.8, 4) is 0 Å². The highest BCUT2D eigenvalue weighted by atomic mass is 31.2. The third kappa shape index (κ3) is 76.0. The normalized spacial score (nSPS) is 13.6. The summed E-state index contributed by atoms with van der Waals surface area (Å²) in [6.45, 7) is 4.71. The molecule has 0 bridgehead atoms. The molecular weight excluding hydrogens is 1140 g/mol. The molecule has 0 aliphatic rings. The van der Waals surface area contributed by atoms with Gasteiger partial charge in [0.25, 0.3) is 7.82 Å². The lowest BCUT2D eigenvalue weighted by Crippen LogP contribution is -2.45. The van der Waals surface area contributed by atoms with Crippen molar-refractivity contribution in [3.63, 3.8) is 0 Å². The van der Waals surface area contributed by atoms with E-state index in [1.165, 1.54) is 366 Å². The van der Waals surface area contributed by atoms with Gasteiger partial charge in [-0.25, -0.2) is 0 Å². The van der Waals surface area contributed by atoms with Crippen LogP contribution in [0.25, 0.3) is 0 Å². The summed E-state index contributed by atoms with van der Waals surface area (Å²) in [5.74, 6) is -0.187. The van der Waals surface area contributed by atoms with E-state index >= 15 is 0 Å². The molecule has 0 spiro atoms. The highest BCUT2D eigenvalue weighted by Crippen LogP contribution is 2.38. The maximum absolute atomic E-state index is 13.1. The number of rotatable bonds is 77. The highest BCUT2D eigenvalue weighted by Gasteiger charge is 2.23. The number of likely N-dealkylation sites (N-methyl/N-ethyl adjacent to an activating group) is 1. The number of allylic oxidation sites excluding steroid dienone is 5. The smallest absolute Gasteiger partial charge is 0.268 e. The third-order valence-corrected chi connectivity index (χ3v) is 20.1. The van der Waals surface area contributed by atoms with Crippen LogP contribution >= 0.6 is 7.82 Å². The Labute approximate surface area is 569 Å². The summed E-state index contributed by atoms with van der Waals surface area (Å²) in [5, 5.41) is 14.0. The van der Waals surface area contributed by atoms with Gasteiger partial charge in [0.15, 0.2) is 0 Å². The summed E-state index contributed by atoms with van der Waals surface area (Å²) >= 11 is 0. The summed E-state index contributed by atoms with van der Waals surface area (Å²) in [6.07, 6.45) is 98.9. The molecule has 0 fully saturated rings. The lowest BCUT2D eigenvalue weighted by atomic mass is 10.0. The Kier molecular flexibility index (Phi) is 72.0. The molecule has 0 heterocycles. The van der Waals surface area contributed by atoms with Crippen molar-refractivity contribution in [2.45, 2.75) is 443 Å². The van der Waals surface area contributed by atoms with Crippen molar-refractivity contribution >= 4 is 13.7 Å². The van der Waals surface area contributed by atoms with Gasteiger partial charge >= 0.3 is 0 Å². The quantitative estimate of drug-likeness (QED) is 0.0272. The first kappa shape index (κ1) is 89.7. The van der Waals surface area contributed by atoms with Crippen molar-refractivity contribution in [2.75, 3.05) is 40.9 Å². The molecule has 0 radical (unpaired) electrons. The van der Waals surface area contributed by atoms with Crippen LogP contribution in [-0.2, 0) is 18.4 Å². The fourth-order valence-corrected chi connectivity index (χ4v) is 13.5. The van der Waals surface area contributed by atoms with Crippen LogP contribution in [0.15, 0.2) is 36.5 Å². The molecular formula is C82H161N2O6P. The van der Waals surface area contributed by atoms with Gasteiger partial charge in [-0.15, -0.1) is 0 Å². The van der Waals surface area contributed by atoms with Crippen LogP contribution in [0.5, 0.6) is 0 Å². The van der Waals surface area contributed by atoms with E-state index in [0.29, 0.717) is 17.4 Å². The monoisotopic (exact) mass is 1300 g/mol. The van der Waals surface area contributed by atoms with Crippen LogP contribution < -0.4 is 10.2 Å². The topological polar surface area (TPSA) is 108 Å². The second kappa shape index (κ2) is 73.0. The Bertz CT molecular complexity index is 1580. The number of quaternary nitrogens is 1. The number of nitrogens with zero attached hydrogens (tertiary/aromatic N) is 1. The van der Waals surface area contributed by atoms with E-state index in [-0.39, 0.29) is 19.1 Å². The molecule has 1 amide bonds. The summed E-state index contributed by atoms with van der Waals surface area (Å²) in [7, 11) is 1.28. The van der Waals surface area contributed by atoms with E-state index in [4.69, 9.17) is 9.05 Å². The molecule has 3 unspecified atom stereocenters. The summed E-state index contributed by atoms with van der Waals surface area (Å²) < 4.78 is 23.5. The zero-order valence-electron chi connectivity index (χ0n) is 62.1. The van der Waals surface area contributed by atoms with Crippen molar-refractivity contribution in [1.29, 1.82) is 0 Å². The lowest BCUT2D eigenvalue weighted by molar-refractivity contribution is -0.870. The van der Waals surface area contributed by atoms with Gasteiger partial charge in [-0.2, -0.15) is 0 Å². The van der Waals surface area contributed by atoms with Crippen LogP contribution in [0.3, 0.4) is 0 Å². The SMILES string of the molecule is CCCCCCC/C=C\C/C=C\CCCCCCCCCCCCCCCCCCCCCCCCCCCC(=O)NC(COP(=O)([O-])OCC[N+](C)(C)C)C(O)/C=C/CCCCCCCCCCCCCCCCCCCCCCCCCCCCCCCC. The summed E-state index contributed by atoms with van der Waals surface area (Å²) in [4.78, 5) is 25.7. The maximum atomic E-state index is 13.1. The van der Waals surface area contributed by atoms with Gasteiger partial charge in [0, 0.05) is 6.42 Å². The molecule has 0 saturated heterocycles. The van der Waals surface area contributed by atoms with Crippen molar-refractivity contribution in [3.05, 3.63) is 36.5 Å². The largest absolute Gasteiger partial charge is 0.756 e. The Balaban J connectivity index is 3.93. The number of nitrogens with one attached hydrogen (secondary N) is 1. The molecule has 91 heavy (non-hydrogen) atoms. The minimum atomic E-state index is -4.61. The summed E-state index contributed by atoms with van der Waals surface area (Å²) in [5.41, 5.74) is 0. The van der Waals surface area contributed by atoms with Crippen molar-refractivity contribution < 1.29 is 32.9 Å². The van der Waals surface area contributed by atoms with Gasteiger partial charge < -0.3 is 28.8 Å². The average molecular weight is 1300 g/mol. The van der Waals surface area contributed by atoms with E-state index in [1.54, 1.807) is 6.08 Å². The molecule has 2 N–H and O–H groups in total. The van der Waals surface area contributed by atoms with Gasteiger partial charge in [0.1, 0.15) is 13.2 Å². The molecule has 8 nitrogen and oxygen atoms in total. The Morgan fingerprint density at radius 3 is 0.912 bits per heavy atom. The van der Waals surface area contributed by atoms with Crippen molar-refractivity contribution in [2.24, 2.45) is 0 Å². The molecule has 9 heteroatoms. The molecule has 0 aromatic rings. The number of phosphoric acid groups is 1. The molecule has 3 atom stereocenters. The highest BCUT2D eigenvalue weighted by molar-refractivity contribution is 7.45. The molecule has 0 aliphatic carbocycles. The fourth-order valence-electron chi connectivity index (χ4n) is 12.8. The number of amides is 1. The van der Waals surface area contributed by atoms with Gasteiger partial charge in [-0.05, 0) is 51.4 Å². The van der Waals surface area contributed by atoms with Crippen LogP contribution in [0.1, 0.15) is 431 Å². The number of aliphatic hydroxyl groups is 1. The Morgan fingerprint density at radius 2 is 0.637 bits per heavy atom. The second-order valence-electron chi connectivity index (χ2n) is 29.5. The Hall–Kier alpha value is -1.28. The molecule has 540 valence electrons. The zero-order valence-corrected chi connectivity index (χ0v) is 63.0. The number of hydrogen-bond acceptors (Lipinski definition) is 6. The number of hydrogen-bond donors (Lipinski definition) is 2. The predicted molar refractivity (Wildman–Crippen MR) is 399 cm³/mol. The summed E-state index contributed by atoms with van der Waals surface area (Å²) in [6, 6.07) is -0.887. The fraction of sp³-hybridized carbons (Fsp3) is 0.915. The number of aliphatic hydroxyl groups excluding tert-OH is 1. The van der Waals surface area contributed by atoms with Gasteiger partial charge in [-0.3, -0.25) is 9.36 Å². The van der Waals surface area contributed by atoms with Gasteiger partial charge in [0.05, 0.1) is 39.9 Å². The van der Waals surface area contributed by atoms with E-state index in [1.807, 2.05) is 27.2 Å². The molecule has 0 aromatic carbocycles. The van der Waals surface area contributed by atoms with Gasteiger partial charge in [-0.1, -0.05) is 410 Å². The minimum absolute atomic E-state index is 0.00181. The first-order valence-electron chi connectivity index (χ1n) is 40.9. The molecule has 0 aliphatic heterocycles. The molecule has 0 rings (SSSR count). The Morgan fingerprint density at radius 1 is 0.385 bits per heavy atom. The third-order valence-electron chi connectivity index (χ3n) is 19.1. The van der Waals surface area contributed by atoms with E-state index < -0.39 is 20.0 Å². The second-order valence-corrected chi connectivity index (χ2v) is 30.9. The first-order chi connectivity index (χ1) is 44.5. The van der Waals surface area contributed by atoms with Crippen LogP contribution in [-0.4, -0.2) is 68.5 Å². The van der Waals surface area contributed by atoms with Crippen LogP contribution in [0, 0.1) is 0 Å². The first-order valence-corrected chi connectivity index (χ1v) is 42.3. The number of phosphoric ester groups is 1. The van der Waals surface area contributed by atoms with E-state index in [0.717, 1.165) is 44.9 Å². The van der Waals surface area contributed by atoms with Crippen molar-refractivity contribution in [1.82, 2.24) is 5.32 Å². The average Bonchev–Trinajstić information content (AvgIpc) is 3.42. The zero-order chi connectivity index (χ0) is 66.2. The predicted octanol–water partition coefficient (Wildman–Crippen LogP) is 26.1. The molecule has 0 saturated carbocycles. The minimum Gasteiger partial charge on any atom is -0.756 e. The molecule has 0 aromatic heterocycles. The lowest BCUT2D eigenvalue weighted by Gasteiger charge is -2.29.